The number of methoxy groups -OCH3 is 2. The Hall–Kier alpha value is -7.40. The second kappa shape index (κ2) is 40.0. The first-order valence-corrected chi connectivity index (χ1v) is 33.2. The van der Waals surface area contributed by atoms with Crippen LogP contribution in [0.15, 0.2) is 41.4 Å². The van der Waals surface area contributed by atoms with Crippen molar-refractivity contribution in [3.05, 3.63) is 58.5 Å². The molecular formula is C65H93BrN12O15. The fraction of sp³-hybridized carbons (Fsp3) is 0.631. The minimum Gasteiger partial charge on any atom is -0.469 e. The number of esters is 2. The third-order valence-electron chi connectivity index (χ3n) is 16.3. The Morgan fingerprint density at radius 3 is 1.85 bits per heavy atom. The van der Waals surface area contributed by atoms with E-state index < -0.39 is 24.0 Å². The summed E-state index contributed by atoms with van der Waals surface area (Å²) in [6.07, 6.45) is 22.4. The minimum atomic E-state index is -0.923. The molecule has 2 aliphatic rings. The predicted molar refractivity (Wildman–Crippen MR) is 346 cm³/mol. The summed E-state index contributed by atoms with van der Waals surface area (Å²) in [5.41, 5.74) is 2.24. The van der Waals surface area contributed by atoms with Gasteiger partial charge >= 0.3 is 11.9 Å². The molecule has 2 fully saturated rings. The average Bonchev–Trinajstić information content (AvgIpc) is 1.55. The second-order valence-corrected chi connectivity index (χ2v) is 24.5. The van der Waals surface area contributed by atoms with Crippen LogP contribution in [0.2, 0.25) is 0 Å². The SMILES string of the molecule is COC(=O)CCCCCCCCCCCCCCCCC(=O)N[C@@H](CCC(=O)NCCOCCOCC(=O)NCCOCCOCC(=O)NCc1ncc(-c2cc3c(C(C)=O)nn(CC(=O)N4C5C[C@]5(C)C[C@H]4C(=O)Nc4nc(Br)ccc4C)c3cn2)cn1)C(=O)OC. The number of hydrogen-bond donors (Lipinski definition) is 5. The van der Waals surface area contributed by atoms with Gasteiger partial charge in [-0.15, -0.1) is 0 Å². The zero-order valence-corrected chi connectivity index (χ0v) is 56.0. The van der Waals surface area contributed by atoms with E-state index in [1.54, 1.807) is 29.4 Å². The molecule has 1 unspecified atom stereocenters. The molecule has 1 aliphatic heterocycles. The van der Waals surface area contributed by atoms with E-state index in [4.69, 9.17) is 23.7 Å². The van der Waals surface area contributed by atoms with E-state index >= 15 is 0 Å². The minimum absolute atomic E-state index is 0.00348. The number of Topliss-reactive ketones (excluding diaryl/α,β-unsaturated/α-hetero) is 1. The highest BCUT2D eigenvalue weighted by molar-refractivity contribution is 9.10. The van der Waals surface area contributed by atoms with Crippen LogP contribution in [0, 0.1) is 12.3 Å². The number of aromatic nitrogens is 6. The molecular weight excluding hydrogens is 1270 g/mol. The third-order valence-corrected chi connectivity index (χ3v) is 16.8. The number of unbranched alkanes of at least 4 members (excludes halogenated alkanes) is 13. The number of ether oxygens (including phenoxy) is 6. The van der Waals surface area contributed by atoms with Gasteiger partial charge in [-0.25, -0.2) is 19.7 Å². The number of amides is 6. The van der Waals surface area contributed by atoms with Gasteiger partial charge in [0, 0.05) is 68.7 Å². The highest BCUT2D eigenvalue weighted by atomic mass is 79.9. The Bertz CT molecular complexity index is 3110. The van der Waals surface area contributed by atoms with E-state index in [-0.39, 0.29) is 150 Å². The summed E-state index contributed by atoms with van der Waals surface area (Å²) in [6.45, 7) is 6.21. The number of nitrogens with one attached hydrogen (secondary N) is 5. The molecule has 6 rings (SSSR count). The largest absolute Gasteiger partial charge is 0.469 e. The number of carbonyl (C=O) groups excluding carboxylic acids is 9. The van der Waals surface area contributed by atoms with Gasteiger partial charge < -0.3 is 59.9 Å². The molecule has 0 spiro atoms. The molecule has 1 saturated carbocycles. The van der Waals surface area contributed by atoms with Crippen LogP contribution in [0.3, 0.4) is 0 Å². The average molecular weight is 1360 g/mol. The number of anilines is 1. The summed E-state index contributed by atoms with van der Waals surface area (Å²) in [7, 11) is 2.67. The fourth-order valence-corrected chi connectivity index (χ4v) is 11.3. The number of carbonyl (C=O) groups is 9. The van der Waals surface area contributed by atoms with Crippen molar-refractivity contribution in [3.8, 4) is 11.3 Å². The molecule has 510 valence electrons. The molecule has 1 saturated heterocycles. The van der Waals surface area contributed by atoms with Crippen molar-refractivity contribution in [3.63, 3.8) is 0 Å². The molecule has 28 heteroatoms. The summed E-state index contributed by atoms with van der Waals surface area (Å²) in [5.74, 6) is -2.21. The molecule has 0 bridgehead atoms. The van der Waals surface area contributed by atoms with Gasteiger partial charge in [0.15, 0.2) is 5.78 Å². The zero-order chi connectivity index (χ0) is 67.0. The van der Waals surface area contributed by atoms with E-state index in [0.717, 1.165) is 50.5 Å². The van der Waals surface area contributed by atoms with Gasteiger partial charge in [-0.05, 0) is 78.1 Å². The van der Waals surface area contributed by atoms with Crippen LogP contribution in [0.25, 0.3) is 22.2 Å². The van der Waals surface area contributed by atoms with Gasteiger partial charge in [-0.3, -0.25) is 48.0 Å². The maximum absolute atomic E-state index is 14.1. The number of ketones is 1. The van der Waals surface area contributed by atoms with Gasteiger partial charge in [0.2, 0.25) is 35.4 Å². The van der Waals surface area contributed by atoms with E-state index in [0.29, 0.717) is 57.7 Å². The molecule has 6 amide bonds. The van der Waals surface area contributed by atoms with Crippen molar-refractivity contribution in [2.75, 3.05) is 85.5 Å². The highest BCUT2D eigenvalue weighted by Crippen LogP contribution is 2.59. The molecule has 0 radical (unpaired) electrons. The van der Waals surface area contributed by atoms with Crippen LogP contribution in [-0.4, -0.2) is 186 Å². The summed E-state index contributed by atoms with van der Waals surface area (Å²) < 4.78 is 33.3. The lowest BCUT2D eigenvalue weighted by Gasteiger charge is -2.27. The molecule has 4 atom stereocenters. The Balaban J connectivity index is 0.737. The highest BCUT2D eigenvalue weighted by Gasteiger charge is 2.64. The van der Waals surface area contributed by atoms with Crippen molar-refractivity contribution in [2.24, 2.45) is 5.41 Å². The molecule has 93 heavy (non-hydrogen) atoms. The first-order valence-electron chi connectivity index (χ1n) is 32.4. The Labute approximate surface area is 551 Å². The summed E-state index contributed by atoms with van der Waals surface area (Å²) in [6, 6.07) is 3.60. The smallest absolute Gasteiger partial charge is 0.328 e. The summed E-state index contributed by atoms with van der Waals surface area (Å²) in [4.78, 5) is 133. The lowest BCUT2D eigenvalue weighted by atomic mass is 10.0. The fourth-order valence-electron chi connectivity index (χ4n) is 11.0. The molecule has 5 N–H and O–H groups in total. The first kappa shape index (κ1) is 74.6. The number of pyridine rings is 2. The maximum atomic E-state index is 14.1. The molecule has 4 aromatic rings. The number of likely N-dealkylation sites (tertiary alicyclic amines) is 1. The Morgan fingerprint density at radius 2 is 1.25 bits per heavy atom. The maximum Gasteiger partial charge on any atom is 0.328 e. The first-order chi connectivity index (χ1) is 44.9. The van der Waals surface area contributed by atoms with E-state index in [1.165, 1.54) is 83.4 Å². The third kappa shape index (κ3) is 25.8. The number of hydrogen-bond acceptors (Lipinski definition) is 20. The standard InChI is InChI=1S/C65H93BrN12O15/c1-44-22-24-53(66)74-62(44)75-63(86)50-35-65(3)36-52(65)78(50)59(84)41-77-51-39-69-49(34-47(51)61(76-77)45(2)79)46-37-70-54(71-38-46)40-72-58(83)43-93-33-31-91-29-27-68-57(82)42-92-32-30-90-28-26-67-55(80)25-23-48(64(87)89-5)73-56(81)20-18-16-14-12-10-8-6-7-9-11-13-15-17-19-21-60(85)88-4/h22,24,34,37-39,48,50,52H,6-21,23,25-33,35-36,40-43H2,1-5H3,(H,67,80)(H,68,82)(H,72,83)(H,73,81)(H,74,75,86)/t48-,50-,52?,65-/m0/s1. The van der Waals surface area contributed by atoms with Gasteiger partial charge in [-0.1, -0.05) is 90.0 Å². The van der Waals surface area contributed by atoms with E-state index in [9.17, 15) is 43.2 Å². The lowest BCUT2D eigenvalue weighted by Crippen LogP contribution is -2.47. The zero-order valence-electron chi connectivity index (χ0n) is 54.5. The van der Waals surface area contributed by atoms with Crippen LogP contribution in [0.5, 0.6) is 0 Å². The van der Waals surface area contributed by atoms with Crippen LogP contribution in [0.4, 0.5) is 5.82 Å². The number of aryl methyl sites for hydroxylation is 1. The lowest BCUT2D eigenvalue weighted by molar-refractivity contribution is -0.145. The predicted octanol–water partition coefficient (Wildman–Crippen LogP) is 6.34. The number of piperidine rings is 1. The monoisotopic (exact) mass is 1360 g/mol. The molecule has 27 nitrogen and oxygen atoms in total. The molecule has 1 aliphatic carbocycles. The number of halogens is 1. The van der Waals surface area contributed by atoms with Crippen molar-refractivity contribution in [2.45, 2.75) is 180 Å². The quantitative estimate of drug-likeness (QED) is 0.0139. The second-order valence-electron chi connectivity index (χ2n) is 23.7. The van der Waals surface area contributed by atoms with Crippen LogP contribution in [-0.2, 0) is 79.9 Å². The van der Waals surface area contributed by atoms with Gasteiger partial charge in [0.05, 0.1) is 77.8 Å². The molecule has 5 heterocycles. The number of fused-ring (bicyclic) bond motifs is 2. The van der Waals surface area contributed by atoms with Gasteiger partial charge in [0.25, 0.3) is 0 Å². The normalized spacial score (nSPS) is 15.9. The number of nitrogens with zero attached hydrogens (tertiary/aromatic N) is 7. The van der Waals surface area contributed by atoms with Gasteiger partial charge in [0.1, 0.15) is 53.8 Å². The van der Waals surface area contributed by atoms with Crippen molar-refractivity contribution < 1.29 is 71.6 Å². The van der Waals surface area contributed by atoms with E-state index in [1.807, 2.05) is 13.0 Å². The summed E-state index contributed by atoms with van der Waals surface area (Å²) >= 11 is 3.36. The topological polar surface area (TPSA) is 342 Å². The Morgan fingerprint density at radius 1 is 0.667 bits per heavy atom. The Kier molecular flexibility index (Phi) is 32.1. The molecule has 4 aromatic heterocycles. The van der Waals surface area contributed by atoms with Crippen LogP contribution >= 0.6 is 15.9 Å². The van der Waals surface area contributed by atoms with E-state index in [2.05, 4.69) is 79.2 Å². The van der Waals surface area contributed by atoms with Gasteiger partial charge in [-0.2, -0.15) is 5.10 Å². The van der Waals surface area contributed by atoms with Crippen molar-refractivity contribution >= 4 is 85.8 Å². The summed E-state index contributed by atoms with van der Waals surface area (Å²) in [5, 5.41) is 18.8. The number of rotatable bonds is 46. The van der Waals surface area contributed by atoms with Crippen molar-refractivity contribution in [1.29, 1.82) is 0 Å². The van der Waals surface area contributed by atoms with Crippen LogP contribution < -0.4 is 26.6 Å². The van der Waals surface area contributed by atoms with Crippen molar-refractivity contribution in [1.82, 2.24) is 55.9 Å². The van der Waals surface area contributed by atoms with Crippen LogP contribution in [0.1, 0.15) is 164 Å². The molecule has 0 aromatic carbocycles.